The van der Waals surface area contributed by atoms with Crippen LogP contribution in [0.4, 0.5) is 5.69 Å². The number of carbonyl (C=O) groups is 1. The van der Waals surface area contributed by atoms with Gasteiger partial charge in [-0.25, -0.2) is 0 Å². The quantitative estimate of drug-likeness (QED) is 0.338. The summed E-state index contributed by atoms with van der Waals surface area (Å²) in [6.45, 7) is 5.53. The zero-order valence-electron chi connectivity index (χ0n) is 18.7. The van der Waals surface area contributed by atoms with Gasteiger partial charge in [-0.3, -0.25) is 9.79 Å². The Kier molecular flexibility index (Phi) is 9.71. The fourth-order valence-corrected chi connectivity index (χ4v) is 4.68. The molecule has 0 bridgehead atoms. The van der Waals surface area contributed by atoms with Crippen LogP contribution in [0, 0.1) is 5.41 Å². The summed E-state index contributed by atoms with van der Waals surface area (Å²) in [6, 6.07) is 11.0. The molecule has 2 fully saturated rings. The van der Waals surface area contributed by atoms with Crippen LogP contribution < -0.4 is 15.5 Å². The van der Waals surface area contributed by atoms with Crippen LogP contribution in [0.15, 0.2) is 35.3 Å². The van der Waals surface area contributed by atoms with Crippen molar-refractivity contribution in [3.8, 4) is 0 Å². The van der Waals surface area contributed by atoms with Crippen LogP contribution in [-0.4, -0.2) is 63.1 Å². The number of para-hydroxylation sites is 1. The van der Waals surface area contributed by atoms with Crippen molar-refractivity contribution in [2.75, 3.05) is 45.2 Å². The molecule has 2 aliphatic rings. The zero-order valence-corrected chi connectivity index (χ0v) is 21.0. The van der Waals surface area contributed by atoms with Gasteiger partial charge in [0.2, 0.25) is 5.91 Å². The Balaban J connectivity index is 0.00000320. The molecular weight excluding hydrogens is 489 g/mol. The molecule has 0 spiro atoms. The Morgan fingerprint density at radius 2 is 1.90 bits per heavy atom. The van der Waals surface area contributed by atoms with E-state index in [2.05, 4.69) is 52.8 Å². The molecule has 3 rings (SSSR count). The molecule has 1 aliphatic carbocycles. The average Bonchev–Trinajstić information content (AvgIpc) is 3.22. The van der Waals surface area contributed by atoms with Crippen LogP contribution in [0.3, 0.4) is 0 Å². The number of hydrogen-bond acceptors (Lipinski definition) is 3. The number of carbonyl (C=O) groups excluding carboxylic acids is 1. The van der Waals surface area contributed by atoms with Gasteiger partial charge < -0.3 is 20.4 Å². The van der Waals surface area contributed by atoms with E-state index in [-0.39, 0.29) is 35.3 Å². The van der Waals surface area contributed by atoms with Crippen molar-refractivity contribution in [3.05, 3.63) is 30.3 Å². The molecule has 1 saturated carbocycles. The van der Waals surface area contributed by atoms with Gasteiger partial charge in [0.05, 0.1) is 12.0 Å². The lowest BCUT2D eigenvalue weighted by atomic mass is 9.85. The third kappa shape index (κ3) is 6.25. The molecule has 2 N–H and O–H groups in total. The maximum Gasteiger partial charge on any atom is 0.230 e. The molecule has 0 radical (unpaired) electrons. The largest absolute Gasteiger partial charge is 0.369 e. The second-order valence-corrected chi connectivity index (χ2v) is 8.65. The van der Waals surface area contributed by atoms with Crippen LogP contribution >= 0.6 is 24.0 Å². The molecule has 1 atom stereocenters. The van der Waals surface area contributed by atoms with Gasteiger partial charge in [0, 0.05) is 45.5 Å². The van der Waals surface area contributed by atoms with Crippen LogP contribution in [0.5, 0.6) is 0 Å². The molecule has 1 amide bonds. The average molecular weight is 527 g/mol. The molecule has 1 aromatic rings. The van der Waals surface area contributed by atoms with Crippen molar-refractivity contribution in [2.24, 2.45) is 10.4 Å². The minimum absolute atomic E-state index is 0. The molecule has 1 saturated heterocycles. The maximum atomic E-state index is 12.8. The fraction of sp³-hybridized carbons (Fsp3) is 0.652. The third-order valence-corrected chi connectivity index (χ3v) is 6.19. The molecule has 6 nitrogen and oxygen atoms in total. The fourth-order valence-electron chi connectivity index (χ4n) is 4.68. The Morgan fingerprint density at radius 1 is 1.20 bits per heavy atom. The lowest BCUT2D eigenvalue weighted by Gasteiger charge is -2.35. The Bertz CT molecular complexity index is 688. The standard InChI is InChI=1S/C23H37N5O.HI/c1-4-24-22(25-18-23(14-8-9-15-23)21(29)27(2)3)26-19-11-10-16-28(17-19)20-12-6-5-7-13-20;/h5-7,12-13,19H,4,8-11,14-18H2,1-3H3,(H2,24,25,26);1H. The van der Waals surface area contributed by atoms with Gasteiger partial charge in [0.25, 0.3) is 0 Å². The monoisotopic (exact) mass is 527 g/mol. The number of piperidine rings is 1. The van der Waals surface area contributed by atoms with E-state index >= 15 is 0 Å². The van der Waals surface area contributed by atoms with Crippen LogP contribution in [-0.2, 0) is 4.79 Å². The minimum Gasteiger partial charge on any atom is -0.369 e. The summed E-state index contributed by atoms with van der Waals surface area (Å²) in [5.74, 6) is 1.06. The Morgan fingerprint density at radius 3 is 2.53 bits per heavy atom. The molecule has 168 valence electrons. The summed E-state index contributed by atoms with van der Waals surface area (Å²) in [4.78, 5) is 21.9. The number of nitrogens with one attached hydrogen (secondary N) is 2. The second-order valence-electron chi connectivity index (χ2n) is 8.65. The summed E-state index contributed by atoms with van der Waals surface area (Å²) in [5.41, 5.74) is 0.955. The van der Waals surface area contributed by atoms with E-state index in [1.54, 1.807) is 4.90 Å². The number of benzene rings is 1. The summed E-state index contributed by atoms with van der Waals surface area (Å²) < 4.78 is 0. The van der Waals surface area contributed by atoms with E-state index in [9.17, 15) is 4.79 Å². The zero-order chi connectivity index (χ0) is 20.7. The van der Waals surface area contributed by atoms with Gasteiger partial charge in [-0.05, 0) is 44.7 Å². The van der Waals surface area contributed by atoms with Gasteiger partial charge >= 0.3 is 0 Å². The van der Waals surface area contributed by atoms with Crippen LogP contribution in [0.25, 0.3) is 0 Å². The van der Waals surface area contributed by atoms with Crippen molar-refractivity contribution >= 4 is 41.5 Å². The summed E-state index contributed by atoms with van der Waals surface area (Å²) in [5, 5.41) is 7.03. The SMILES string of the molecule is CCNC(=NCC1(C(=O)N(C)C)CCCC1)NC1CCCN(c2ccccc2)C1.I. The maximum absolute atomic E-state index is 12.8. The Labute approximate surface area is 198 Å². The van der Waals surface area contributed by atoms with E-state index < -0.39 is 0 Å². The number of guanidine groups is 1. The van der Waals surface area contributed by atoms with Gasteiger partial charge in [-0.1, -0.05) is 31.0 Å². The number of amides is 1. The van der Waals surface area contributed by atoms with Crippen molar-refractivity contribution in [1.29, 1.82) is 0 Å². The van der Waals surface area contributed by atoms with E-state index in [4.69, 9.17) is 4.99 Å². The molecule has 1 aliphatic heterocycles. The highest BCUT2D eigenvalue weighted by Gasteiger charge is 2.42. The number of halogens is 1. The van der Waals surface area contributed by atoms with E-state index in [1.165, 1.54) is 5.69 Å². The first-order valence-electron chi connectivity index (χ1n) is 11.1. The van der Waals surface area contributed by atoms with Gasteiger partial charge in [-0.15, -0.1) is 24.0 Å². The van der Waals surface area contributed by atoms with E-state index in [0.717, 1.165) is 64.1 Å². The number of nitrogens with zero attached hydrogens (tertiary/aromatic N) is 3. The molecule has 30 heavy (non-hydrogen) atoms. The van der Waals surface area contributed by atoms with Gasteiger partial charge in [-0.2, -0.15) is 0 Å². The lowest BCUT2D eigenvalue weighted by Crippen LogP contribution is -2.51. The van der Waals surface area contributed by atoms with Crippen molar-refractivity contribution in [3.63, 3.8) is 0 Å². The second kappa shape index (κ2) is 11.8. The molecule has 1 unspecified atom stereocenters. The molecule has 0 aromatic heterocycles. The first kappa shape index (κ1) is 24.8. The van der Waals surface area contributed by atoms with Crippen LogP contribution in [0.2, 0.25) is 0 Å². The third-order valence-electron chi connectivity index (χ3n) is 6.19. The summed E-state index contributed by atoms with van der Waals surface area (Å²) in [6.07, 6.45) is 6.42. The number of hydrogen-bond donors (Lipinski definition) is 2. The molecular formula is C23H38IN5O. The highest BCUT2D eigenvalue weighted by molar-refractivity contribution is 14.0. The predicted molar refractivity (Wildman–Crippen MR) is 136 cm³/mol. The first-order chi connectivity index (χ1) is 14.0. The Hall–Kier alpha value is -1.51. The van der Waals surface area contributed by atoms with E-state index in [1.807, 2.05) is 14.1 Å². The lowest BCUT2D eigenvalue weighted by molar-refractivity contribution is -0.138. The van der Waals surface area contributed by atoms with Gasteiger partial charge in [0.1, 0.15) is 0 Å². The topological polar surface area (TPSA) is 60.0 Å². The molecule has 7 heteroatoms. The smallest absolute Gasteiger partial charge is 0.230 e. The van der Waals surface area contributed by atoms with Crippen molar-refractivity contribution in [2.45, 2.75) is 51.5 Å². The number of aliphatic imine (C=N–C) groups is 1. The first-order valence-corrected chi connectivity index (χ1v) is 11.1. The minimum atomic E-state index is -0.325. The normalized spacial score (nSPS) is 21.0. The predicted octanol–water partition coefficient (Wildman–Crippen LogP) is 3.48. The highest BCUT2D eigenvalue weighted by atomic mass is 127. The number of anilines is 1. The molecule has 1 heterocycles. The van der Waals surface area contributed by atoms with Crippen LogP contribution in [0.1, 0.15) is 45.4 Å². The highest BCUT2D eigenvalue weighted by Crippen LogP contribution is 2.39. The number of rotatable bonds is 6. The molecule has 1 aromatic carbocycles. The van der Waals surface area contributed by atoms with Crippen molar-refractivity contribution in [1.82, 2.24) is 15.5 Å². The van der Waals surface area contributed by atoms with Crippen molar-refractivity contribution < 1.29 is 4.79 Å². The van der Waals surface area contributed by atoms with E-state index in [0.29, 0.717) is 12.6 Å². The summed E-state index contributed by atoms with van der Waals surface area (Å²) >= 11 is 0. The summed E-state index contributed by atoms with van der Waals surface area (Å²) in [7, 11) is 3.71. The van der Waals surface area contributed by atoms with Gasteiger partial charge in [0.15, 0.2) is 5.96 Å².